The number of rotatable bonds is 5. The topological polar surface area (TPSA) is 88.0 Å². The van der Waals surface area contributed by atoms with Crippen LogP contribution in [0.4, 0.5) is 11.4 Å². The van der Waals surface area contributed by atoms with Crippen LogP contribution in [0.15, 0.2) is 88.8 Å². The van der Waals surface area contributed by atoms with Gasteiger partial charge in [0.2, 0.25) is 0 Å². The minimum Gasteiger partial charge on any atom is -0.361 e. The van der Waals surface area contributed by atoms with Gasteiger partial charge in [-0.25, -0.2) is 0 Å². The second kappa shape index (κ2) is 7.58. The zero-order valence-corrected chi connectivity index (χ0v) is 15.4. The van der Waals surface area contributed by atoms with E-state index >= 15 is 0 Å². The summed E-state index contributed by atoms with van der Waals surface area (Å²) in [5.74, 6) is -0.212. The molecule has 0 unspecified atom stereocenters. The summed E-state index contributed by atoms with van der Waals surface area (Å²) < 4.78 is 0. The summed E-state index contributed by atoms with van der Waals surface area (Å²) in [6.45, 7) is 0. The Kier molecular flexibility index (Phi) is 4.82. The van der Waals surface area contributed by atoms with E-state index in [9.17, 15) is 14.9 Å². The maximum absolute atomic E-state index is 12.8. The fraction of sp³-hybridized carbons (Fsp3) is 0. The molecular formula is C21H15N3O3S. The predicted octanol–water partition coefficient (Wildman–Crippen LogP) is 5.48. The average molecular weight is 389 g/mol. The summed E-state index contributed by atoms with van der Waals surface area (Å²) >= 11 is 1.39. The lowest BCUT2D eigenvalue weighted by molar-refractivity contribution is -0.384. The first kappa shape index (κ1) is 17.8. The first-order valence-electron chi connectivity index (χ1n) is 8.50. The first-order valence-corrected chi connectivity index (χ1v) is 9.32. The molecule has 3 aromatic carbocycles. The van der Waals surface area contributed by atoms with Gasteiger partial charge in [0.15, 0.2) is 0 Å². The van der Waals surface area contributed by atoms with Gasteiger partial charge in [-0.1, -0.05) is 30.0 Å². The molecule has 0 aliphatic carbocycles. The number of carbonyl (C=O) groups is 1. The molecule has 7 heteroatoms. The quantitative estimate of drug-likeness (QED) is 0.349. The third-order valence-corrected chi connectivity index (χ3v) is 5.30. The van der Waals surface area contributed by atoms with Crippen LogP contribution in [0.1, 0.15) is 10.4 Å². The first-order chi connectivity index (χ1) is 13.6. The number of fused-ring (bicyclic) bond motifs is 1. The van der Waals surface area contributed by atoms with Crippen molar-refractivity contribution in [2.75, 3.05) is 5.32 Å². The summed E-state index contributed by atoms with van der Waals surface area (Å²) in [5.41, 5.74) is 2.23. The number of aromatic amines is 1. The zero-order valence-electron chi connectivity index (χ0n) is 14.6. The van der Waals surface area contributed by atoms with E-state index in [2.05, 4.69) is 10.3 Å². The fourth-order valence-corrected chi connectivity index (χ4v) is 3.77. The van der Waals surface area contributed by atoms with Crippen LogP contribution in [0.3, 0.4) is 0 Å². The van der Waals surface area contributed by atoms with E-state index < -0.39 is 4.92 Å². The van der Waals surface area contributed by atoms with Crippen LogP contribution in [0.25, 0.3) is 10.9 Å². The van der Waals surface area contributed by atoms with Crippen LogP contribution in [0.2, 0.25) is 0 Å². The van der Waals surface area contributed by atoms with Crippen LogP contribution in [-0.2, 0) is 0 Å². The molecule has 0 fully saturated rings. The van der Waals surface area contributed by atoms with Crippen molar-refractivity contribution in [3.05, 3.63) is 94.7 Å². The van der Waals surface area contributed by atoms with E-state index in [1.807, 2.05) is 48.7 Å². The predicted molar refractivity (Wildman–Crippen MR) is 110 cm³/mol. The maximum Gasteiger partial charge on any atom is 0.269 e. The molecule has 0 radical (unpaired) electrons. The van der Waals surface area contributed by atoms with Crippen molar-refractivity contribution in [3.8, 4) is 0 Å². The fourth-order valence-electron chi connectivity index (χ4n) is 2.83. The maximum atomic E-state index is 12.8. The number of amides is 1. The van der Waals surface area contributed by atoms with E-state index in [-0.39, 0.29) is 11.6 Å². The second-order valence-corrected chi connectivity index (χ2v) is 7.20. The number of nitrogens with zero attached hydrogens (tertiary/aromatic N) is 1. The molecule has 1 heterocycles. The molecule has 4 rings (SSSR count). The molecule has 0 bridgehead atoms. The van der Waals surface area contributed by atoms with Crippen molar-refractivity contribution in [3.63, 3.8) is 0 Å². The Labute approximate surface area is 164 Å². The lowest BCUT2D eigenvalue weighted by Gasteiger charge is -2.10. The van der Waals surface area contributed by atoms with Gasteiger partial charge >= 0.3 is 0 Å². The summed E-state index contributed by atoms with van der Waals surface area (Å²) in [7, 11) is 0. The summed E-state index contributed by atoms with van der Waals surface area (Å²) in [5, 5.41) is 14.8. The van der Waals surface area contributed by atoms with Crippen molar-refractivity contribution >= 4 is 39.9 Å². The lowest BCUT2D eigenvalue weighted by Crippen LogP contribution is -2.12. The highest BCUT2D eigenvalue weighted by molar-refractivity contribution is 7.99. The van der Waals surface area contributed by atoms with E-state index in [1.165, 1.54) is 23.9 Å². The van der Waals surface area contributed by atoms with Crippen LogP contribution >= 0.6 is 11.8 Å². The van der Waals surface area contributed by atoms with Gasteiger partial charge in [0.25, 0.3) is 11.6 Å². The van der Waals surface area contributed by atoms with Gasteiger partial charge in [0, 0.05) is 39.3 Å². The largest absolute Gasteiger partial charge is 0.361 e. The van der Waals surface area contributed by atoms with Crippen LogP contribution < -0.4 is 5.32 Å². The number of aromatic nitrogens is 1. The number of benzene rings is 3. The van der Waals surface area contributed by atoms with E-state index in [1.54, 1.807) is 18.2 Å². The molecule has 0 saturated carbocycles. The monoisotopic (exact) mass is 389 g/mol. The number of H-pyrrole nitrogens is 1. The minimum absolute atomic E-state index is 0.0371. The third-order valence-electron chi connectivity index (χ3n) is 4.22. The summed E-state index contributed by atoms with van der Waals surface area (Å²) in [6.07, 6.45) is 1.85. The third kappa shape index (κ3) is 3.74. The number of nitrogens with one attached hydrogen (secondary N) is 2. The number of hydrogen-bond donors (Lipinski definition) is 2. The van der Waals surface area contributed by atoms with Crippen molar-refractivity contribution in [1.29, 1.82) is 0 Å². The van der Waals surface area contributed by atoms with Crippen molar-refractivity contribution in [1.82, 2.24) is 4.98 Å². The van der Waals surface area contributed by atoms with Gasteiger partial charge in [-0.05, 0) is 47.9 Å². The number of carbonyl (C=O) groups excluding carboxylic acids is 1. The van der Waals surface area contributed by atoms with Crippen molar-refractivity contribution in [2.45, 2.75) is 9.79 Å². The highest BCUT2D eigenvalue weighted by Gasteiger charge is 2.13. The Balaban J connectivity index is 1.56. The van der Waals surface area contributed by atoms with E-state index in [0.29, 0.717) is 11.3 Å². The average Bonchev–Trinajstić information content (AvgIpc) is 3.16. The second-order valence-electron chi connectivity index (χ2n) is 6.08. The minimum atomic E-state index is -0.434. The van der Waals surface area contributed by atoms with Crippen LogP contribution in [-0.4, -0.2) is 15.8 Å². The molecule has 138 valence electrons. The Morgan fingerprint density at radius 3 is 2.57 bits per heavy atom. The van der Waals surface area contributed by atoms with Crippen molar-refractivity contribution in [2.24, 2.45) is 0 Å². The number of nitro benzene ring substituents is 1. The van der Waals surface area contributed by atoms with Crippen LogP contribution in [0, 0.1) is 10.1 Å². The molecule has 28 heavy (non-hydrogen) atoms. The van der Waals surface area contributed by atoms with Gasteiger partial charge in [-0.3, -0.25) is 14.9 Å². The molecule has 0 atom stereocenters. The van der Waals surface area contributed by atoms with E-state index in [0.717, 1.165) is 20.7 Å². The molecule has 4 aromatic rings. The van der Waals surface area contributed by atoms with Gasteiger partial charge in [0.1, 0.15) is 0 Å². The summed E-state index contributed by atoms with van der Waals surface area (Å²) in [4.78, 5) is 27.9. The lowest BCUT2D eigenvalue weighted by atomic mass is 10.2. The molecule has 2 N–H and O–H groups in total. The standard InChI is InChI=1S/C21H15N3O3S/c25-21(23-15-6-5-14-11-12-22-19(14)13-15)18-3-1-2-4-20(18)28-17-9-7-16(8-10-17)24(26)27/h1-13,22H,(H,23,25). The molecule has 0 spiro atoms. The molecule has 0 aliphatic rings. The van der Waals surface area contributed by atoms with E-state index in [4.69, 9.17) is 0 Å². The van der Waals surface area contributed by atoms with Gasteiger partial charge < -0.3 is 10.3 Å². The smallest absolute Gasteiger partial charge is 0.269 e. The highest BCUT2D eigenvalue weighted by atomic mass is 32.2. The molecule has 1 amide bonds. The Bertz CT molecular complexity index is 1170. The van der Waals surface area contributed by atoms with Gasteiger partial charge in [-0.2, -0.15) is 0 Å². The number of non-ortho nitro benzene ring substituents is 1. The molecule has 0 aliphatic heterocycles. The van der Waals surface area contributed by atoms with Gasteiger partial charge in [0.05, 0.1) is 10.5 Å². The highest BCUT2D eigenvalue weighted by Crippen LogP contribution is 2.32. The number of hydrogen-bond acceptors (Lipinski definition) is 4. The van der Waals surface area contributed by atoms with Crippen molar-refractivity contribution < 1.29 is 9.72 Å². The number of nitro groups is 1. The van der Waals surface area contributed by atoms with Gasteiger partial charge in [-0.15, -0.1) is 0 Å². The Morgan fingerprint density at radius 1 is 1.00 bits per heavy atom. The zero-order chi connectivity index (χ0) is 19.5. The number of anilines is 1. The molecule has 0 saturated heterocycles. The normalized spacial score (nSPS) is 10.7. The Hall–Kier alpha value is -3.58. The molecular weight excluding hydrogens is 374 g/mol. The molecule has 6 nitrogen and oxygen atoms in total. The Morgan fingerprint density at radius 2 is 1.79 bits per heavy atom. The molecule has 1 aromatic heterocycles. The van der Waals surface area contributed by atoms with Crippen LogP contribution in [0.5, 0.6) is 0 Å². The summed E-state index contributed by atoms with van der Waals surface area (Å²) in [6, 6.07) is 21.2. The SMILES string of the molecule is O=C(Nc1ccc2cc[nH]c2c1)c1ccccc1Sc1ccc([N+](=O)[O-])cc1.